The third kappa shape index (κ3) is 5.89. The molecule has 394 valence electrons. The molecule has 0 saturated heterocycles. The van der Waals surface area contributed by atoms with E-state index in [0.717, 1.165) is 0 Å². The van der Waals surface area contributed by atoms with Gasteiger partial charge in [0.15, 0.2) is 0 Å². The van der Waals surface area contributed by atoms with Crippen molar-refractivity contribution in [3.05, 3.63) is 184 Å². The van der Waals surface area contributed by atoms with Crippen LogP contribution in [0.5, 0.6) is 0 Å². The fraction of sp³-hybridized carbons (Fsp3) is 0.289. The second-order valence-electron chi connectivity index (χ2n) is 30.9. The number of fused-ring (bicyclic) bond motifs is 20. The standard InChI is InChI=1S/C76H71B3N2/c1-71(2,3)40-25-27-46-54-35-55-47-28-26-41(72(4,5)6)32-61(47)79-63-39-49-45-22-18-20-24-57(45)76(15,16)59(49)37-51(63)53-30-43(74(10,11)12)34-65-68(53)81(79)70(55)66-69(54)80-67-52(29-42(73(7,8)9)33-64(67)77(65)66)50-36-58-48(38-62(50)78(80)60(46)31-40)44-21-17-19-23-56(44)75(58,13)14/h17-39H,1-16H3. The van der Waals surface area contributed by atoms with Gasteiger partial charge in [0.1, 0.15) is 0 Å². The molecule has 0 fully saturated rings. The number of benzene rings is 9. The quantitative estimate of drug-likeness (QED) is 0.140. The van der Waals surface area contributed by atoms with Gasteiger partial charge in [-0.3, -0.25) is 0 Å². The molecule has 8 aliphatic rings. The lowest BCUT2D eigenvalue weighted by atomic mass is 9.28. The molecule has 0 radical (unpaired) electrons. The number of nitrogens with zero attached hydrogens (tertiary/aromatic N) is 2. The maximum Gasteiger partial charge on any atom is 0.329 e. The molecule has 2 aliphatic carbocycles. The van der Waals surface area contributed by atoms with E-state index in [1.807, 2.05) is 0 Å². The van der Waals surface area contributed by atoms with E-state index in [9.17, 15) is 0 Å². The van der Waals surface area contributed by atoms with Gasteiger partial charge in [-0.15, -0.1) is 0 Å². The van der Waals surface area contributed by atoms with Crippen molar-refractivity contribution in [1.82, 2.24) is 0 Å². The summed E-state index contributed by atoms with van der Waals surface area (Å²) in [5.74, 6) is 0. The highest BCUT2D eigenvalue weighted by Gasteiger charge is 2.58. The first-order valence-electron chi connectivity index (χ1n) is 30.3. The van der Waals surface area contributed by atoms with Gasteiger partial charge in [-0.25, -0.2) is 0 Å². The van der Waals surface area contributed by atoms with Crippen LogP contribution in [0.25, 0.3) is 66.8 Å². The van der Waals surface area contributed by atoms with Crippen molar-refractivity contribution in [2.75, 3.05) is 9.62 Å². The number of anilines is 4. The summed E-state index contributed by atoms with van der Waals surface area (Å²) in [4.78, 5) is 5.84. The van der Waals surface area contributed by atoms with Gasteiger partial charge in [-0.2, -0.15) is 0 Å². The van der Waals surface area contributed by atoms with Crippen LogP contribution < -0.4 is 47.9 Å². The molecule has 0 amide bonds. The first-order valence-corrected chi connectivity index (χ1v) is 30.3. The van der Waals surface area contributed by atoms with Crippen LogP contribution in [-0.4, -0.2) is 20.4 Å². The highest BCUT2D eigenvalue weighted by atomic mass is 15.1. The largest absolute Gasteiger partial charge is 0.377 e. The fourth-order valence-corrected chi connectivity index (χ4v) is 17.0. The fourth-order valence-electron chi connectivity index (χ4n) is 17.0. The van der Waals surface area contributed by atoms with E-state index in [-0.39, 0.29) is 52.9 Å². The minimum atomic E-state index is -0.142. The van der Waals surface area contributed by atoms with Gasteiger partial charge in [0.25, 0.3) is 6.71 Å². The van der Waals surface area contributed by atoms with Crippen LogP contribution in [0, 0.1) is 0 Å². The molecule has 5 heteroatoms. The molecule has 0 saturated carbocycles. The van der Waals surface area contributed by atoms with Crippen molar-refractivity contribution in [2.24, 2.45) is 0 Å². The van der Waals surface area contributed by atoms with E-state index in [4.69, 9.17) is 0 Å². The summed E-state index contributed by atoms with van der Waals surface area (Å²) < 4.78 is 0. The number of rotatable bonds is 0. The zero-order valence-corrected chi connectivity index (χ0v) is 50.4. The van der Waals surface area contributed by atoms with Crippen molar-refractivity contribution in [3.8, 4) is 66.8 Å². The Morgan fingerprint density at radius 2 is 0.642 bits per heavy atom. The lowest BCUT2D eigenvalue weighted by Crippen LogP contribution is -2.72. The summed E-state index contributed by atoms with van der Waals surface area (Å²) >= 11 is 0. The van der Waals surface area contributed by atoms with Crippen molar-refractivity contribution in [1.29, 1.82) is 0 Å². The van der Waals surface area contributed by atoms with Gasteiger partial charge in [0, 0.05) is 55.8 Å². The first-order chi connectivity index (χ1) is 38.2. The Hall–Kier alpha value is -7.23. The van der Waals surface area contributed by atoms with Crippen LogP contribution in [-0.2, 0) is 32.5 Å². The summed E-state index contributed by atoms with van der Waals surface area (Å²) in [6.07, 6.45) is 0. The average Bonchev–Trinajstić information content (AvgIpc) is 1.75. The highest BCUT2D eigenvalue weighted by molar-refractivity contribution is 7.06. The second-order valence-corrected chi connectivity index (χ2v) is 30.9. The number of hydrogen-bond acceptors (Lipinski definition) is 2. The van der Waals surface area contributed by atoms with Crippen LogP contribution in [0.1, 0.15) is 155 Å². The lowest BCUT2D eigenvalue weighted by molar-refractivity contribution is 0.590. The normalized spacial score (nSPS) is 16.7. The van der Waals surface area contributed by atoms with Crippen LogP contribution in [0.15, 0.2) is 140 Å². The van der Waals surface area contributed by atoms with Gasteiger partial charge in [-0.1, -0.05) is 232 Å². The monoisotopic (exact) mass is 1040 g/mol. The van der Waals surface area contributed by atoms with Gasteiger partial charge in [0.2, 0.25) is 0 Å². The van der Waals surface area contributed by atoms with E-state index in [1.54, 1.807) is 0 Å². The molecule has 0 spiro atoms. The maximum absolute atomic E-state index is 2.92. The van der Waals surface area contributed by atoms with Crippen LogP contribution in [0.4, 0.5) is 22.7 Å². The van der Waals surface area contributed by atoms with Crippen LogP contribution in [0.2, 0.25) is 0 Å². The van der Waals surface area contributed by atoms with Crippen molar-refractivity contribution < 1.29 is 0 Å². The Morgan fingerprint density at radius 3 is 1.04 bits per heavy atom. The van der Waals surface area contributed by atoms with E-state index in [2.05, 4.69) is 260 Å². The smallest absolute Gasteiger partial charge is 0.329 e. The summed E-state index contributed by atoms with van der Waals surface area (Å²) in [6.45, 7) is 38.7. The molecular weight excluding hydrogens is 973 g/mol. The lowest BCUT2D eigenvalue weighted by Gasteiger charge is -2.55. The van der Waals surface area contributed by atoms with Gasteiger partial charge < -0.3 is 9.62 Å². The predicted molar refractivity (Wildman–Crippen MR) is 350 cm³/mol. The van der Waals surface area contributed by atoms with Crippen molar-refractivity contribution in [2.45, 2.75) is 143 Å². The predicted octanol–water partition coefficient (Wildman–Crippen LogP) is 14.4. The highest BCUT2D eigenvalue weighted by Crippen LogP contribution is 2.59. The molecule has 2 nitrogen and oxygen atoms in total. The van der Waals surface area contributed by atoms with Gasteiger partial charge in [0.05, 0.1) is 0 Å². The zero-order valence-electron chi connectivity index (χ0n) is 50.4. The first kappa shape index (κ1) is 48.5. The zero-order chi connectivity index (χ0) is 56.0. The molecule has 9 aromatic carbocycles. The molecule has 6 aliphatic heterocycles. The second kappa shape index (κ2) is 14.7. The maximum atomic E-state index is 2.92. The molecule has 0 aromatic heterocycles. The van der Waals surface area contributed by atoms with Crippen molar-refractivity contribution >= 4 is 81.4 Å². The summed E-state index contributed by atoms with van der Waals surface area (Å²) in [5, 5.41) is 0. The Balaban J connectivity index is 1.07. The van der Waals surface area contributed by atoms with E-state index < -0.39 is 0 Å². The Kier molecular flexibility index (Phi) is 8.79. The van der Waals surface area contributed by atoms with Gasteiger partial charge >= 0.3 is 13.7 Å². The van der Waals surface area contributed by atoms with Crippen LogP contribution >= 0.6 is 0 Å². The van der Waals surface area contributed by atoms with Crippen LogP contribution in [0.3, 0.4) is 0 Å². The minimum absolute atomic E-state index is 0.0197. The minimum Gasteiger partial charge on any atom is -0.377 e. The summed E-state index contributed by atoms with van der Waals surface area (Å²) in [6, 6.07) is 57.7. The third-order valence-electron chi connectivity index (χ3n) is 21.4. The molecule has 0 atom stereocenters. The molecule has 0 unspecified atom stereocenters. The molecule has 17 rings (SSSR count). The van der Waals surface area contributed by atoms with E-state index in [1.165, 1.54) is 172 Å². The Bertz CT molecular complexity index is 4200. The third-order valence-corrected chi connectivity index (χ3v) is 21.4. The molecule has 81 heavy (non-hydrogen) atoms. The topological polar surface area (TPSA) is 6.48 Å². The Labute approximate surface area is 482 Å². The SMILES string of the molecule is CC(C)(C)c1ccc2c(c1)B1c3cc4c(cc3-c3cc(C(C)(C)C)cc5c3N1c1c-2cc2c3c1B5c1cc(C(C)(C)C)cc5c1N3B(c1cc3c(cc1-5)C(C)(C)c1ccccc1-3)c1cc(C(C)(C)C)ccc1-2)C(C)(C)c1ccccc1-4. The molecular formula is C76H71B3N2. The van der Waals surface area contributed by atoms with E-state index in [0.29, 0.717) is 0 Å². The molecule has 0 bridgehead atoms. The molecule has 0 N–H and O–H groups in total. The summed E-state index contributed by atoms with van der Waals surface area (Å²) in [5.41, 5.74) is 42.9. The molecule has 6 heterocycles. The van der Waals surface area contributed by atoms with Gasteiger partial charge in [-0.05, 0) is 167 Å². The van der Waals surface area contributed by atoms with Crippen molar-refractivity contribution in [3.63, 3.8) is 0 Å². The molecule has 9 aromatic rings. The number of hydrogen-bond donors (Lipinski definition) is 0. The Morgan fingerprint density at radius 1 is 0.284 bits per heavy atom. The van der Waals surface area contributed by atoms with E-state index >= 15 is 0 Å². The summed E-state index contributed by atoms with van der Waals surface area (Å²) in [7, 11) is 0. The average molecular weight is 1040 g/mol.